The number of hydrogen-bond donors (Lipinski definition) is 2. The van der Waals surface area contributed by atoms with Crippen molar-refractivity contribution in [2.45, 2.75) is 26.6 Å². The van der Waals surface area contributed by atoms with Gasteiger partial charge in [0.15, 0.2) is 0 Å². The quantitative estimate of drug-likeness (QED) is 0.874. The fourth-order valence-electron chi connectivity index (χ4n) is 2.83. The molecule has 1 aromatic carbocycles. The fraction of sp³-hybridized carbons (Fsp3) is 0.353. The minimum Gasteiger partial charge on any atom is -0.357 e. The smallest absolute Gasteiger partial charge is 0.357 e. The maximum Gasteiger partial charge on any atom is 0.416 e. The van der Waals surface area contributed by atoms with Crippen molar-refractivity contribution >= 4 is 17.2 Å². The van der Waals surface area contributed by atoms with Gasteiger partial charge >= 0.3 is 6.18 Å². The first kappa shape index (κ1) is 16.6. The molecule has 0 radical (unpaired) electrons. The van der Waals surface area contributed by atoms with Gasteiger partial charge in [-0.1, -0.05) is 13.0 Å². The van der Waals surface area contributed by atoms with Crippen molar-refractivity contribution in [3.63, 3.8) is 0 Å². The SMILES string of the molecule is CCN1CNc2nccc(Nc3cccc(C(F)(F)F)c3C)c2C1. The lowest BCUT2D eigenvalue weighted by atomic mass is 10.1. The maximum atomic E-state index is 13.1. The van der Waals surface area contributed by atoms with E-state index in [9.17, 15) is 13.2 Å². The summed E-state index contributed by atoms with van der Waals surface area (Å²) in [5.41, 5.74) is 1.75. The number of fused-ring (bicyclic) bond motifs is 1. The first-order valence-corrected chi connectivity index (χ1v) is 7.78. The van der Waals surface area contributed by atoms with Gasteiger partial charge < -0.3 is 10.6 Å². The van der Waals surface area contributed by atoms with Crippen LogP contribution in [0.25, 0.3) is 0 Å². The molecule has 3 rings (SSSR count). The predicted octanol–water partition coefficient (Wildman–Crippen LogP) is 4.36. The standard InChI is InChI=1S/C17H19F3N4/c1-3-24-9-12-15(7-8-21-16(12)22-10-24)23-14-6-4-5-13(11(14)2)17(18,19)20/h4-8H,3,9-10H2,1-2H3,(H2,21,22,23). The summed E-state index contributed by atoms with van der Waals surface area (Å²) in [6, 6.07) is 5.97. The lowest BCUT2D eigenvalue weighted by Gasteiger charge is -2.29. The Kier molecular flexibility index (Phi) is 4.36. The van der Waals surface area contributed by atoms with Gasteiger partial charge in [-0.15, -0.1) is 0 Å². The molecular weight excluding hydrogens is 317 g/mol. The third-order valence-corrected chi connectivity index (χ3v) is 4.26. The molecule has 0 fully saturated rings. The van der Waals surface area contributed by atoms with Crippen LogP contribution in [0.4, 0.5) is 30.4 Å². The van der Waals surface area contributed by atoms with Crippen LogP contribution < -0.4 is 10.6 Å². The van der Waals surface area contributed by atoms with Crippen molar-refractivity contribution in [2.75, 3.05) is 23.8 Å². The highest BCUT2D eigenvalue weighted by Crippen LogP contribution is 2.36. The van der Waals surface area contributed by atoms with Crippen LogP contribution in [0.3, 0.4) is 0 Å². The Morgan fingerprint density at radius 2 is 2.04 bits per heavy atom. The van der Waals surface area contributed by atoms with E-state index in [-0.39, 0.29) is 5.56 Å². The molecule has 0 atom stereocenters. The molecule has 1 aliphatic heterocycles. The highest BCUT2D eigenvalue weighted by molar-refractivity contribution is 5.71. The van der Waals surface area contributed by atoms with Crippen LogP contribution in [0.15, 0.2) is 30.5 Å². The van der Waals surface area contributed by atoms with Gasteiger partial charge in [0.1, 0.15) is 5.82 Å². The van der Waals surface area contributed by atoms with E-state index in [0.29, 0.717) is 18.9 Å². The number of alkyl halides is 3. The topological polar surface area (TPSA) is 40.2 Å². The average Bonchev–Trinajstić information content (AvgIpc) is 2.55. The van der Waals surface area contributed by atoms with Gasteiger partial charge in [0.2, 0.25) is 0 Å². The summed E-state index contributed by atoms with van der Waals surface area (Å²) in [4.78, 5) is 6.50. The maximum absolute atomic E-state index is 13.1. The molecule has 128 valence electrons. The van der Waals surface area contributed by atoms with E-state index >= 15 is 0 Å². The molecule has 1 aromatic heterocycles. The number of nitrogens with one attached hydrogen (secondary N) is 2. The summed E-state index contributed by atoms with van der Waals surface area (Å²) in [7, 11) is 0. The Labute approximate surface area is 138 Å². The summed E-state index contributed by atoms with van der Waals surface area (Å²) in [5.74, 6) is 0.773. The number of aromatic nitrogens is 1. The second-order valence-electron chi connectivity index (χ2n) is 5.77. The van der Waals surface area contributed by atoms with Crippen molar-refractivity contribution in [3.05, 3.63) is 47.2 Å². The number of anilines is 3. The van der Waals surface area contributed by atoms with Gasteiger partial charge in [0.25, 0.3) is 0 Å². The van der Waals surface area contributed by atoms with E-state index in [4.69, 9.17) is 0 Å². The first-order valence-electron chi connectivity index (χ1n) is 7.78. The zero-order valence-corrected chi connectivity index (χ0v) is 13.5. The second kappa shape index (κ2) is 6.32. The van der Waals surface area contributed by atoms with Gasteiger partial charge in [-0.2, -0.15) is 13.2 Å². The van der Waals surface area contributed by atoms with E-state index in [0.717, 1.165) is 29.7 Å². The van der Waals surface area contributed by atoms with E-state index < -0.39 is 11.7 Å². The molecule has 24 heavy (non-hydrogen) atoms. The number of nitrogens with zero attached hydrogens (tertiary/aromatic N) is 2. The summed E-state index contributed by atoms with van der Waals surface area (Å²) in [6.07, 6.45) is -2.71. The average molecular weight is 336 g/mol. The molecule has 7 heteroatoms. The molecule has 0 saturated carbocycles. The highest BCUT2D eigenvalue weighted by Gasteiger charge is 2.33. The van der Waals surface area contributed by atoms with Crippen LogP contribution >= 0.6 is 0 Å². The minimum absolute atomic E-state index is 0.187. The van der Waals surface area contributed by atoms with Crippen molar-refractivity contribution in [2.24, 2.45) is 0 Å². The van der Waals surface area contributed by atoms with Crippen LogP contribution in [-0.4, -0.2) is 23.1 Å². The monoisotopic (exact) mass is 336 g/mol. The van der Waals surface area contributed by atoms with Gasteiger partial charge in [-0.05, 0) is 37.2 Å². The number of benzene rings is 1. The number of pyridine rings is 1. The summed E-state index contributed by atoms with van der Waals surface area (Å²) in [6.45, 7) is 5.83. The van der Waals surface area contributed by atoms with Gasteiger partial charge in [0, 0.05) is 29.7 Å². The van der Waals surface area contributed by atoms with Crippen LogP contribution in [0, 0.1) is 6.92 Å². The van der Waals surface area contributed by atoms with Crippen LogP contribution in [0.2, 0.25) is 0 Å². The minimum atomic E-state index is -4.36. The molecule has 4 nitrogen and oxygen atoms in total. The molecule has 2 aromatic rings. The van der Waals surface area contributed by atoms with Crippen molar-refractivity contribution in [1.29, 1.82) is 0 Å². The molecule has 1 aliphatic rings. The third-order valence-electron chi connectivity index (χ3n) is 4.26. The Bertz CT molecular complexity index is 743. The Morgan fingerprint density at radius 1 is 1.25 bits per heavy atom. The largest absolute Gasteiger partial charge is 0.416 e. The molecule has 0 unspecified atom stereocenters. The Balaban J connectivity index is 1.96. The first-order chi connectivity index (χ1) is 11.4. The van der Waals surface area contributed by atoms with Crippen molar-refractivity contribution in [3.8, 4) is 0 Å². The van der Waals surface area contributed by atoms with Crippen molar-refractivity contribution < 1.29 is 13.2 Å². The van der Waals surface area contributed by atoms with E-state index in [1.54, 1.807) is 18.3 Å². The molecule has 0 bridgehead atoms. The van der Waals surface area contributed by atoms with Crippen molar-refractivity contribution in [1.82, 2.24) is 9.88 Å². The van der Waals surface area contributed by atoms with E-state index in [1.165, 1.54) is 13.0 Å². The van der Waals surface area contributed by atoms with E-state index in [2.05, 4.69) is 27.4 Å². The molecule has 2 heterocycles. The fourth-order valence-corrected chi connectivity index (χ4v) is 2.83. The Hall–Kier alpha value is -2.28. The lowest BCUT2D eigenvalue weighted by Crippen LogP contribution is -2.34. The summed E-state index contributed by atoms with van der Waals surface area (Å²) >= 11 is 0. The number of hydrogen-bond acceptors (Lipinski definition) is 4. The van der Waals surface area contributed by atoms with Crippen LogP contribution in [0.1, 0.15) is 23.6 Å². The highest BCUT2D eigenvalue weighted by atomic mass is 19.4. The summed E-state index contributed by atoms with van der Waals surface area (Å²) in [5, 5.41) is 6.39. The predicted molar refractivity (Wildman–Crippen MR) is 88.3 cm³/mol. The van der Waals surface area contributed by atoms with E-state index in [1.807, 2.05) is 0 Å². The van der Waals surface area contributed by atoms with Crippen LogP contribution in [0.5, 0.6) is 0 Å². The van der Waals surface area contributed by atoms with Crippen LogP contribution in [-0.2, 0) is 12.7 Å². The molecular formula is C17H19F3N4. The molecule has 0 amide bonds. The number of rotatable bonds is 3. The van der Waals surface area contributed by atoms with Gasteiger partial charge in [-0.3, -0.25) is 4.90 Å². The third kappa shape index (κ3) is 3.17. The summed E-state index contributed by atoms with van der Waals surface area (Å²) < 4.78 is 39.3. The molecule has 0 spiro atoms. The molecule has 0 aliphatic carbocycles. The molecule has 2 N–H and O–H groups in total. The lowest BCUT2D eigenvalue weighted by molar-refractivity contribution is -0.138. The molecule has 0 saturated heterocycles. The second-order valence-corrected chi connectivity index (χ2v) is 5.77. The normalized spacial score (nSPS) is 14.9. The number of halogens is 3. The Morgan fingerprint density at radius 3 is 2.75 bits per heavy atom. The van der Waals surface area contributed by atoms with Gasteiger partial charge in [0.05, 0.1) is 12.2 Å². The van der Waals surface area contributed by atoms with Gasteiger partial charge in [-0.25, -0.2) is 4.98 Å². The zero-order valence-electron chi connectivity index (χ0n) is 13.5. The zero-order chi connectivity index (χ0) is 17.3.